The van der Waals surface area contributed by atoms with Gasteiger partial charge in [-0.05, 0) is 44.1 Å². The number of rotatable bonds is 5. The van der Waals surface area contributed by atoms with Gasteiger partial charge in [-0.15, -0.1) is 0 Å². The van der Waals surface area contributed by atoms with Gasteiger partial charge in [-0.1, -0.05) is 6.42 Å². The Morgan fingerprint density at radius 2 is 2.14 bits per heavy atom. The van der Waals surface area contributed by atoms with E-state index in [9.17, 15) is 4.79 Å². The van der Waals surface area contributed by atoms with Gasteiger partial charge in [-0.2, -0.15) is 0 Å². The lowest BCUT2D eigenvalue weighted by Gasteiger charge is -2.32. The van der Waals surface area contributed by atoms with Gasteiger partial charge in [0.05, 0.1) is 7.11 Å². The number of nitrogens with one attached hydrogen (secondary N) is 1. The van der Waals surface area contributed by atoms with Crippen LogP contribution in [0.1, 0.15) is 32.1 Å². The molecule has 0 radical (unpaired) electrons. The zero-order valence-electron chi connectivity index (χ0n) is 8.79. The number of esters is 1. The molecule has 14 heavy (non-hydrogen) atoms. The van der Waals surface area contributed by atoms with Crippen molar-refractivity contribution in [2.24, 2.45) is 11.8 Å². The van der Waals surface area contributed by atoms with Crippen LogP contribution in [0.3, 0.4) is 0 Å². The van der Waals surface area contributed by atoms with Gasteiger partial charge in [0.15, 0.2) is 0 Å². The predicted molar refractivity (Wildman–Crippen MR) is 53.9 cm³/mol. The minimum Gasteiger partial charge on any atom is -0.468 e. The molecule has 80 valence electrons. The second-order valence-electron chi connectivity index (χ2n) is 4.54. The van der Waals surface area contributed by atoms with Gasteiger partial charge in [-0.3, -0.25) is 4.79 Å². The number of ether oxygens (including phenoxy) is 1. The van der Waals surface area contributed by atoms with Crippen LogP contribution in [-0.4, -0.2) is 25.7 Å². The van der Waals surface area contributed by atoms with Crippen molar-refractivity contribution in [3.8, 4) is 0 Å². The summed E-state index contributed by atoms with van der Waals surface area (Å²) in [5.74, 6) is 1.28. The van der Waals surface area contributed by atoms with Gasteiger partial charge in [0.1, 0.15) is 6.04 Å². The zero-order chi connectivity index (χ0) is 9.97. The van der Waals surface area contributed by atoms with E-state index in [1.165, 1.54) is 39.2 Å². The standard InChI is InChI=1S/C11H19NO2/c1-14-11(13)10(9-3-2-4-9)12-7-8-5-6-8/h8-10,12H,2-7H2,1H3. The summed E-state index contributed by atoms with van der Waals surface area (Å²) in [6.45, 7) is 0.996. The molecule has 2 saturated carbocycles. The van der Waals surface area contributed by atoms with Gasteiger partial charge in [0, 0.05) is 0 Å². The molecule has 2 rings (SSSR count). The molecule has 0 spiro atoms. The van der Waals surface area contributed by atoms with Gasteiger partial charge >= 0.3 is 5.97 Å². The molecule has 2 fully saturated rings. The Labute approximate surface area is 85.2 Å². The van der Waals surface area contributed by atoms with E-state index in [1.54, 1.807) is 0 Å². The summed E-state index contributed by atoms with van der Waals surface area (Å²) in [6.07, 6.45) is 6.27. The molecule has 1 unspecified atom stereocenters. The topological polar surface area (TPSA) is 38.3 Å². The smallest absolute Gasteiger partial charge is 0.323 e. The molecule has 3 nitrogen and oxygen atoms in total. The molecule has 0 saturated heterocycles. The lowest BCUT2D eigenvalue weighted by atomic mass is 9.79. The highest BCUT2D eigenvalue weighted by atomic mass is 16.5. The van der Waals surface area contributed by atoms with E-state index in [0.29, 0.717) is 5.92 Å². The van der Waals surface area contributed by atoms with Crippen molar-refractivity contribution >= 4 is 5.97 Å². The number of hydrogen-bond acceptors (Lipinski definition) is 3. The zero-order valence-corrected chi connectivity index (χ0v) is 8.79. The third kappa shape index (κ3) is 2.27. The molecule has 0 amide bonds. The van der Waals surface area contributed by atoms with E-state index in [4.69, 9.17) is 4.74 Å². The molecular formula is C11H19NO2. The van der Waals surface area contributed by atoms with Crippen LogP contribution in [0.25, 0.3) is 0 Å². The summed E-state index contributed by atoms with van der Waals surface area (Å²) >= 11 is 0. The van der Waals surface area contributed by atoms with Gasteiger partial charge in [0.25, 0.3) is 0 Å². The van der Waals surface area contributed by atoms with Crippen LogP contribution in [-0.2, 0) is 9.53 Å². The maximum absolute atomic E-state index is 11.5. The minimum absolute atomic E-state index is 0.0330. The molecule has 3 heteroatoms. The third-order valence-electron chi connectivity index (χ3n) is 3.40. The molecule has 0 heterocycles. The average molecular weight is 197 g/mol. The summed E-state index contributed by atoms with van der Waals surface area (Å²) in [6, 6.07) is -0.0330. The Balaban J connectivity index is 1.80. The predicted octanol–water partition coefficient (Wildman–Crippen LogP) is 1.33. The number of carbonyl (C=O) groups is 1. The molecule has 2 aliphatic carbocycles. The number of methoxy groups -OCH3 is 1. The lowest BCUT2D eigenvalue weighted by molar-refractivity contribution is -0.145. The van der Waals surface area contributed by atoms with E-state index in [-0.39, 0.29) is 12.0 Å². The van der Waals surface area contributed by atoms with Crippen molar-refractivity contribution in [3.05, 3.63) is 0 Å². The molecule has 0 aliphatic heterocycles. The van der Waals surface area contributed by atoms with Crippen LogP contribution in [0.4, 0.5) is 0 Å². The fourth-order valence-corrected chi connectivity index (χ4v) is 1.96. The Bertz CT molecular complexity index is 209. The van der Waals surface area contributed by atoms with Crippen molar-refractivity contribution in [3.63, 3.8) is 0 Å². The monoisotopic (exact) mass is 197 g/mol. The largest absolute Gasteiger partial charge is 0.468 e. The van der Waals surface area contributed by atoms with E-state index in [2.05, 4.69) is 5.32 Å². The highest BCUT2D eigenvalue weighted by Gasteiger charge is 2.34. The van der Waals surface area contributed by atoms with Crippen LogP contribution in [0, 0.1) is 11.8 Å². The fourth-order valence-electron chi connectivity index (χ4n) is 1.96. The summed E-state index contributed by atoms with van der Waals surface area (Å²) in [5, 5.41) is 3.36. The maximum atomic E-state index is 11.5. The van der Waals surface area contributed by atoms with Crippen LogP contribution in [0.5, 0.6) is 0 Å². The van der Waals surface area contributed by atoms with E-state index in [0.717, 1.165) is 12.5 Å². The highest BCUT2D eigenvalue weighted by molar-refractivity contribution is 5.76. The van der Waals surface area contributed by atoms with Crippen LogP contribution in [0.15, 0.2) is 0 Å². The minimum atomic E-state index is -0.0737. The van der Waals surface area contributed by atoms with Crippen molar-refractivity contribution in [1.29, 1.82) is 0 Å². The quantitative estimate of drug-likeness (QED) is 0.676. The number of hydrogen-bond donors (Lipinski definition) is 1. The Morgan fingerprint density at radius 1 is 1.43 bits per heavy atom. The van der Waals surface area contributed by atoms with E-state index >= 15 is 0 Å². The van der Waals surface area contributed by atoms with Crippen LogP contribution >= 0.6 is 0 Å². The van der Waals surface area contributed by atoms with Crippen LogP contribution in [0.2, 0.25) is 0 Å². The van der Waals surface area contributed by atoms with Crippen molar-refractivity contribution in [1.82, 2.24) is 5.32 Å². The molecule has 1 atom stereocenters. The van der Waals surface area contributed by atoms with E-state index < -0.39 is 0 Å². The third-order valence-corrected chi connectivity index (χ3v) is 3.40. The first kappa shape index (κ1) is 9.97. The molecule has 0 aromatic rings. The molecule has 0 aromatic heterocycles. The summed E-state index contributed by atoms with van der Waals surface area (Å²) in [7, 11) is 1.48. The second-order valence-corrected chi connectivity index (χ2v) is 4.54. The number of carbonyl (C=O) groups excluding carboxylic acids is 1. The molecular weight excluding hydrogens is 178 g/mol. The van der Waals surface area contributed by atoms with Crippen molar-refractivity contribution in [2.75, 3.05) is 13.7 Å². The van der Waals surface area contributed by atoms with Gasteiger partial charge < -0.3 is 10.1 Å². The van der Waals surface area contributed by atoms with Crippen molar-refractivity contribution in [2.45, 2.75) is 38.1 Å². The van der Waals surface area contributed by atoms with Gasteiger partial charge in [0.2, 0.25) is 0 Å². The molecule has 2 aliphatic rings. The normalized spacial score (nSPS) is 24.1. The SMILES string of the molecule is COC(=O)C(NCC1CC1)C1CCC1. The maximum Gasteiger partial charge on any atom is 0.323 e. The second kappa shape index (κ2) is 4.30. The Hall–Kier alpha value is -0.570. The first-order valence-electron chi connectivity index (χ1n) is 5.62. The average Bonchev–Trinajstić information content (AvgIpc) is 2.91. The molecule has 1 N–H and O–H groups in total. The first-order chi connectivity index (χ1) is 6.81. The molecule has 0 bridgehead atoms. The molecule has 0 aromatic carbocycles. The summed E-state index contributed by atoms with van der Waals surface area (Å²) in [5.41, 5.74) is 0. The van der Waals surface area contributed by atoms with Gasteiger partial charge in [-0.25, -0.2) is 0 Å². The van der Waals surface area contributed by atoms with Crippen molar-refractivity contribution < 1.29 is 9.53 Å². The fraction of sp³-hybridized carbons (Fsp3) is 0.909. The highest BCUT2D eigenvalue weighted by Crippen LogP contribution is 2.32. The Morgan fingerprint density at radius 3 is 2.57 bits per heavy atom. The summed E-state index contributed by atoms with van der Waals surface area (Å²) < 4.78 is 4.82. The Kier molecular flexibility index (Phi) is 3.06. The first-order valence-corrected chi connectivity index (χ1v) is 5.62. The van der Waals surface area contributed by atoms with Crippen LogP contribution < -0.4 is 5.32 Å². The summed E-state index contributed by atoms with van der Waals surface area (Å²) in [4.78, 5) is 11.5. The lowest BCUT2D eigenvalue weighted by Crippen LogP contribution is -2.46. The van der Waals surface area contributed by atoms with E-state index in [1.807, 2.05) is 0 Å².